The summed E-state index contributed by atoms with van der Waals surface area (Å²) >= 11 is 0. The number of amides is 1. The molecular weight excluding hydrogens is 245 g/mol. The second-order valence-corrected chi connectivity index (χ2v) is 5.97. The first-order chi connectivity index (χ1) is 9.00. The molecule has 0 spiro atoms. The summed E-state index contributed by atoms with van der Waals surface area (Å²) in [4.78, 5) is 15.8. The summed E-state index contributed by atoms with van der Waals surface area (Å²) in [6.07, 6.45) is 5.69. The maximum absolute atomic E-state index is 13.0. The van der Waals surface area contributed by atoms with E-state index in [0.29, 0.717) is 0 Å². The second kappa shape index (κ2) is 4.27. The molecule has 1 amide bonds. The average Bonchev–Trinajstić information content (AvgIpc) is 2.59. The summed E-state index contributed by atoms with van der Waals surface area (Å²) in [7, 11) is 0. The minimum absolute atomic E-state index is 0.124. The van der Waals surface area contributed by atoms with E-state index < -0.39 is 5.95 Å². The van der Waals surface area contributed by atoms with Gasteiger partial charge in [0.15, 0.2) is 0 Å². The van der Waals surface area contributed by atoms with Gasteiger partial charge < -0.3 is 11.1 Å². The minimum Gasteiger partial charge on any atom is -0.345 e. The summed E-state index contributed by atoms with van der Waals surface area (Å²) in [6, 6.07) is 4.26. The van der Waals surface area contributed by atoms with Gasteiger partial charge in [-0.3, -0.25) is 4.79 Å². The highest BCUT2D eigenvalue weighted by molar-refractivity contribution is 5.92. The van der Waals surface area contributed by atoms with Crippen LogP contribution < -0.4 is 11.1 Å². The SMILES string of the molecule is N[C@@]12CCC[C@@](NC(=O)c3cccc(F)n3)(CC1)C2. The molecule has 0 saturated heterocycles. The van der Waals surface area contributed by atoms with Crippen LogP contribution in [0.3, 0.4) is 0 Å². The van der Waals surface area contributed by atoms with E-state index in [2.05, 4.69) is 10.3 Å². The molecule has 5 heteroatoms. The highest BCUT2D eigenvalue weighted by atomic mass is 19.1. The van der Waals surface area contributed by atoms with Crippen molar-refractivity contribution in [1.82, 2.24) is 10.3 Å². The lowest BCUT2D eigenvalue weighted by atomic mass is 9.79. The molecule has 2 fully saturated rings. The van der Waals surface area contributed by atoms with Gasteiger partial charge in [-0.2, -0.15) is 4.39 Å². The molecule has 2 aliphatic carbocycles. The number of pyridine rings is 1. The van der Waals surface area contributed by atoms with Crippen molar-refractivity contribution in [3.05, 3.63) is 29.8 Å². The largest absolute Gasteiger partial charge is 0.345 e. The number of nitrogens with zero attached hydrogens (tertiary/aromatic N) is 1. The van der Waals surface area contributed by atoms with Crippen LogP contribution in [0.5, 0.6) is 0 Å². The number of nitrogens with one attached hydrogen (secondary N) is 1. The lowest BCUT2D eigenvalue weighted by molar-refractivity contribution is 0.0870. The molecule has 0 unspecified atom stereocenters. The van der Waals surface area contributed by atoms with Crippen molar-refractivity contribution in [1.29, 1.82) is 0 Å². The molecule has 102 valence electrons. The fraction of sp³-hybridized carbons (Fsp3) is 0.571. The van der Waals surface area contributed by atoms with Gasteiger partial charge in [0.25, 0.3) is 5.91 Å². The van der Waals surface area contributed by atoms with E-state index in [1.54, 1.807) is 0 Å². The number of hydrogen-bond acceptors (Lipinski definition) is 3. The first-order valence-electron chi connectivity index (χ1n) is 6.74. The number of carbonyl (C=O) groups excluding carboxylic acids is 1. The van der Waals surface area contributed by atoms with Crippen LogP contribution in [0.25, 0.3) is 0 Å². The van der Waals surface area contributed by atoms with E-state index in [9.17, 15) is 9.18 Å². The van der Waals surface area contributed by atoms with Gasteiger partial charge in [0.05, 0.1) is 0 Å². The topological polar surface area (TPSA) is 68.0 Å². The molecule has 2 atom stereocenters. The van der Waals surface area contributed by atoms with E-state index in [1.165, 1.54) is 18.2 Å². The number of fused-ring (bicyclic) bond motifs is 2. The summed E-state index contributed by atoms with van der Waals surface area (Å²) in [5, 5.41) is 3.04. The second-order valence-electron chi connectivity index (χ2n) is 5.97. The number of hydrogen-bond donors (Lipinski definition) is 2. The number of rotatable bonds is 2. The Morgan fingerprint density at radius 2 is 2.16 bits per heavy atom. The standard InChI is InChI=1S/C14H18FN3O/c15-11-4-1-3-10(17-11)12(19)18-14-6-2-5-13(16,9-14)7-8-14/h1,3-4H,2,5-9,16H2,(H,18,19)/t13-,14+/m0/s1. The zero-order valence-electron chi connectivity index (χ0n) is 10.8. The Bertz CT molecular complexity index is 521. The minimum atomic E-state index is -0.631. The van der Waals surface area contributed by atoms with Crippen molar-refractivity contribution in [3.63, 3.8) is 0 Å². The van der Waals surface area contributed by atoms with Gasteiger partial charge >= 0.3 is 0 Å². The van der Waals surface area contributed by atoms with Crippen LogP contribution in [0.2, 0.25) is 0 Å². The lowest BCUT2D eigenvalue weighted by Gasteiger charge is -2.37. The third-order valence-electron chi connectivity index (χ3n) is 4.45. The molecule has 0 aromatic carbocycles. The number of aromatic nitrogens is 1. The number of carbonyl (C=O) groups is 1. The van der Waals surface area contributed by atoms with Crippen molar-refractivity contribution in [2.75, 3.05) is 0 Å². The molecule has 2 aliphatic rings. The Hall–Kier alpha value is -1.49. The molecule has 2 bridgehead atoms. The highest BCUT2D eigenvalue weighted by Gasteiger charge is 2.49. The Morgan fingerprint density at radius 1 is 1.32 bits per heavy atom. The van der Waals surface area contributed by atoms with Crippen molar-refractivity contribution in [2.45, 2.75) is 49.6 Å². The smallest absolute Gasteiger partial charge is 0.270 e. The van der Waals surface area contributed by atoms with Gasteiger partial charge in [-0.1, -0.05) is 6.07 Å². The number of halogens is 1. The molecular formula is C14H18FN3O. The molecule has 2 saturated carbocycles. The fourth-order valence-corrected chi connectivity index (χ4v) is 3.55. The summed E-state index contributed by atoms with van der Waals surface area (Å²) in [6.45, 7) is 0. The van der Waals surface area contributed by atoms with Gasteiger partial charge in [-0.15, -0.1) is 0 Å². The molecule has 0 aliphatic heterocycles. The Morgan fingerprint density at radius 3 is 2.95 bits per heavy atom. The van der Waals surface area contributed by atoms with E-state index in [4.69, 9.17) is 5.73 Å². The van der Waals surface area contributed by atoms with Crippen LogP contribution >= 0.6 is 0 Å². The van der Waals surface area contributed by atoms with Crippen LogP contribution in [0.15, 0.2) is 18.2 Å². The number of nitrogens with two attached hydrogens (primary N) is 1. The van der Waals surface area contributed by atoms with Crippen molar-refractivity contribution >= 4 is 5.91 Å². The van der Waals surface area contributed by atoms with Crippen molar-refractivity contribution in [2.24, 2.45) is 5.73 Å². The third kappa shape index (κ3) is 2.34. The Kier molecular flexibility index (Phi) is 2.82. The zero-order chi connectivity index (χ0) is 13.5. The fourth-order valence-electron chi connectivity index (χ4n) is 3.55. The van der Waals surface area contributed by atoms with Crippen LogP contribution in [0.4, 0.5) is 4.39 Å². The van der Waals surface area contributed by atoms with Gasteiger partial charge in [-0.05, 0) is 50.7 Å². The summed E-state index contributed by atoms with van der Waals surface area (Å²) in [5.41, 5.74) is 6.10. The van der Waals surface area contributed by atoms with Crippen molar-refractivity contribution in [3.8, 4) is 0 Å². The van der Waals surface area contributed by atoms with Gasteiger partial charge in [-0.25, -0.2) is 4.98 Å². The van der Waals surface area contributed by atoms with E-state index in [0.717, 1.165) is 38.5 Å². The van der Waals surface area contributed by atoms with Crippen LogP contribution in [0.1, 0.15) is 49.0 Å². The predicted molar refractivity (Wildman–Crippen MR) is 69.0 cm³/mol. The van der Waals surface area contributed by atoms with Crippen LogP contribution in [-0.2, 0) is 0 Å². The van der Waals surface area contributed by atoms with Gasteiger partial charge in [0, 0.05) is 11.1 Å². The van der Waals surface area contributed by atoms with Gasteiger partial charge in [0.2, 0.25) is 5.95 Å². The van der Waals surface area contributed by atoms with E-state index in [1.807, 2.05) is 0 Å². The molecule has 1 aromatic rings. The van der Waals surface area contributed by atoms with Crippen LogP contribution in [0, 0.1) is 5.95 Å². The molecule has 19 heavy (non-hydrogen) atoms. The molecule has 1 aromatic heterocycles. The van der Waals surface area contributed by atoms with Crippen LogP contribution in [-0.4, -0.2) is 22.0 Å². The first kappa shape index (κ1) is 12.5. The Balaban J connectivity index is 1.77. The molecule has 0 radical (unpaired) electrons. The van der Waals surface area contributed by atoms with E-state index >= 15 is 0 Å². The van der Waals surface area contributed by atoms with Crippen molar-refractivity contribution < 1.29 is 9.18 Å². The monoisotopic (exact) mass is 263 g/mol. The zero-order valence-corrected chi connectivity index (χ0v) is 10.8. The maximum Gasteiger partial charge on any atom is 0.270 e. The normalized spacial score (nSPS) is 33.2. The summed E-state index contributed by atoms with van der Waals surface area (Å²) < 4.78 is 13.0. The highest BCUT2D eigenvalue weighted by Crippen LogP contribution is 2.46. The Labute approximate surface area is 111 Å². The summed E-state index contributed by atoms with van der Waals surface area (Å²) in [5.74, 6) is -0.931. The maximum atomic E-state index is 13.0. The first-order valence-corrected chi connectivity index (χ1v) is 6.74. The average molecular weight is 263 g/mol. The van der Waals surface area contributed by atoms with Gasteiger partial charge in [0.1, 0.15) is 5.69 Å². The lowest BCUT2D eigenvalue weighted by Crippen LogP contribution is -2.52. The quantitative estimate of drug-likeness (QED) is 0.799. The molecule has 3 N–H and O–H groups in total. The third-order valence-corrected chi connectivity index (χ3v) is 4.45. The molecule has 3 rings (SSSR count). The molecule has 4 nitrogen and oxygen atoms in total. The van der Waals surface area contributed by atoms with E-state index in [-0.39, 0.29) is 22.7 Å². The predicted octanol–water partition coefficient (Wildman–Crippen LogP) is 1.75. The molecule has 1 heterocycles.